The van der Waals surface area contributed by atoms with E-state index in [1.807, 2.05) is 6.92 Å². The monoisotopic (exact) mass is 290 g/mol. The van der Waals surface area contributed by atoms with Gasteiger partial charge in [0.1, 0.15) is 0 Å². The number of carbonyl (C=O) groups excluding carboxylic acids is 1. The number of amides is 1. The van der Waals surface area contributed by atoms with Crippen molar-refractivity contribution >= 4 is 23.2 Å². The first kappa shape index (κ1) is 14.9. The molecule has 0 spiro atoms. The summed E-state index contributed by atoms with van der Waals surface area (Å²) in [6.45, 7) is 2.30. The van der Waals surface area contributed by atoms with Crippen LogP contribution in [-0.4, -0.2) is 12.5 Å². The molecule has 1 aliphatic carbocycles. The van der Waals surface area contributed by atoms with Gasteiger partial charge in [-0.25, -0.2) is 0 Å². The maximum absolute atomic E-state index is 12.4. The first-order chi connectivity index (χ1) is 9.55. The summed E-state index contributed by atoms with van der Waals surface area (Å²) in [4.78, 5) is 12.4. The second-order valence-corrected chi connectivity index (χ2v) is 5.85. The van der Waals surface area contributed by atoms with Crippen LogP contribution in [0.3, 0.4) is 0 Å². The summed E-state index contributed by atoms with van der Waals surface area (Å²) in [6.07, 6.45) is 4.11. The third kappa shape index (κ3) is 3.33. The van der Waals surface area contributed by atoms with Gasteiger partial charge in [-0.1, -0.05) is 43.2 Å². The smallest absolute Gasteiger partial charge is 0.230 e. The molecular weight excluding hydrogens is 272 g/mol. The van der Waals surface area contributed by atoms with E-state index in [-0.39, 0.29) is 17.9 Å². The van der Waals surface area contributed by atoms with Crippen LogP contribution in [0.4, 0.5) is 5.69 Å². The van der Waals surface area contributed by atoms with Gasteiger partial charge < -0.3 is 11.1 Å². The Morgan fingerprint density at radius 1 is 1.45 bits per heavy atom. The minimum atomic E-state index is -0.266. The molecule has 1 amide bonds. The van der Waals surface area contributed by atoms with E-state index in [1.54, 1.807) is 18.2 Å². The molecule has 1 aliphatic rings. The Kier molecular flexibility index (Phi) is 4.69. The number of carbonyl (C=O) groups is 1. The number of nitrogens with one attached hydrogen (secondary N) is 1. The summed E-state index contributed by atoms with van der Waals surface area (Å²) in [5.41, 5.74) is 6.54. The van der Waals surface area contributed by atoms with Gasteiger partial charge in [0.05, 0.1) is 12.2 Å². The summed E-state index contributed by atoms with van der Waals surface area (Å²) in [5.74, 6) is 5.80. The highest BCUT2D eigenvalue weighted by molar-refractivity contribution is 6.30. The van der Waals surface area contributed by atoms with Crippen LogP contribution in [0, 0.1) is 17.3 Å². The molecule has 106 valence electrons. The van der Waals surface area contributed by atoms with Crippen molar-refractivity contribution in [2.24, 2.45) is 11.1 Å². The molecule has 0 aromatic heterocycles. The fraction of sp³-hybridized carbons (Fsp3) is 0.438. The van der Waals surface area contributed by atoms with Crippen molar-refractivity contribution in [2.45, 2.75) is 32.6 Å². The van der Waals surface area contributed by atoms with Gasteiger partial charge in [-0.05, 0) is 31.0 Å². The van der Waals surface area contributed by atoms with E-state index < -0.39 is 0 Å². The van der Waals surface area contributed by atoms with E-state index >= 15 is 0 Å². The summed E-state index contributed by atoms with van der Waals surface area (Å²) in [5, 5.41) is 3.58. The Morgan fingerprint density at radius 3 is 2.80 bits per heavy atom. The maximum atomic E-state index is 12.4. The lowest BCUT2D eigenvalue weighted by Gasteiger charge is -2.22. The highest BCUT2D eigenvalue weighted by atomic mass is 35.5. The molecule has 0 saturated heterocycles. The molecule has 20 heavy (non-hydrogen) atoms. The number of anilines is 1. The molecule has 0 radical (unpaired) electrons. The minimum Gasteiger partial charge on any atom is -0.324 e. The maximum Gasteiger partial charge on any atom is 0.230 e. The van der Waals surface area contributed by atoms with Crippen LogP contribution in [0.25, 0.3) is 0 Å². The van der Waals surface area contributed by atoms with Crippen LogP contribution in [0.2, 0.25) is 5.02 Å². The van der Waals surface area contributed by atoms with Crippen molar-refractivity contribution in [2.75, 3.05) is 11.9 Å². The third-order valence-corrected chi connectivity index (χ3v) is 4.05. The van der Waals surface area contributed by atoms with Crippen LogP contribution in [0.5, 0.6) is 0 Å². The van der Waals surface area contributed by atoms with Crippen LogP contribution in [0.1, 0.15) is 38.2 Å². The van der Waals surface area contributed by atoms with Crippen molar-refractivity contribution in [3.05, 3.63) is 28.8 Å². The lowest BCUT2D eigenvalue weighted by Crippen LogP contribution is -2.31. The average molecular weight is 291 g/mol. The van der Waals surface area contributed by atoms with Crippen LogP contribution < -0.4 is 11.1 Å². The van der Waals surface area contributed by atoms with Gasteiger partial charge >= 0.3 is 0 Å². The SMILES string of the molecule is CC1(C(=O)Nc2ccc(Cl)cc2C#CCN)CCCC1. The number of halogens is 1. The first-order valence-electron chi connectivity index (χ1n) is 6.85. The number of nitrogens with two attached hydrogens (primary N) is 1. The predicted octanol–water partition coefficient (Wildman–Crippen LogP) is 3.17. The lowest BCUT2D eigenvalue weighted by molar-refractivity contribution is -0.124. The summed E-state index contributed by atoms with van der Waals surface area (Å²) in [6, 6.07) is 5.29. The fourth-order valence-corrected chi connectivity index (χ4v) is 2.70. The average Bonchev–Trinajstić information content (AvgIpc) is 2.87. The highest BCUT2D eigenvalue weighted by Gasteiger charge is 2.36. The van der Waals surface area contributed by atoms with Gasteiger partial charge in [0.25, 0.3) is 0 Å². The van der Waals surface area contributed by atoms with Crippen LogP contribution in [-0.2, 0) is 4.79 Å². The normalized spacial score (nSPS) is 16.4. The van der Waals surface area contributed by atoms with Gasteiger partial charge in [-0.15, -0.1) is 0 Å². The lowest BCUT2D eigenvalue weighted by atomic mass is 9.87. The number of hydrogen-bond donors (Lipinski definition) is 2. The Labute approximate surface area is 124 Å². The largest absolute Gasteiger partial charge is 0.324 e. The van der Waals surface area contributed by atoms with Crippen molar-refractivity contribution < 1.29 is 4.79 Å². The summed E-state index contributed by atoms with van der Waals surface area (Å²) < 4.78 is 0. The Bertz CT molecular complexity index is 566. The van der Waals surface area contributed by atoms with Gasteiger partial charge in [-0.2, -0.15) is 0 Å². The second-order valence-electron chi connectivity index (χ2n) is 5.42. The molecule has 1 fully saturated rings. The second kappa shape index (κ2) is 6.30. The number of benzene rings is 1. The Balaban J connectivity index is 2.22. The van der Waals surface area contributed by atoms with E-state index in [4.69, 9.17) is 17.3 Å². The molecule has 0 bridgehead atoms. The van der Waals surface area contributed by atoms with Crippen molar-refractivity contribution in [1.82, 2.24) is 0 Å². The third-order valence-electron chi connectivity index (χ3n) is 3.81. The van der Waals surface area contributed by atoms with Crippen molar-refractivity contribution in [3.63, 3.8) is 0 Å². The minimum absolute atomic E-state index is 0.0631. The molecule has 1 saturated carbocycles. The zero-order valence-corrected chi connectivity index (χ0v) is 12.4. The fourth-order valence-electron chi connectivity index (χ4n) is 2.53. The topological polar surface area (TPSA) is 55.1 Å². The predicted molar refractivity (Wildman–Crippen MR) is 82.6 cm³/mol. The molecule has 1 aromatic carbocycles. The molecule has 3 N–H and O–H groups in total. The van der Waals surface area contributed by atoms with Gasteiger partial charge in [-0.3, -0.25) is 4.79 Å². The van der Waals surface area contributed by atoms with Crippen LogP contribution >= 0.6 is 11.6 Å². The molecule has 0 unspecified atom stereocenters. The molecule has 0 aliphatic heterocycles. The highest BCUT2D eigenvalue weighted by Crippen LogP contribution is 2.38. The van der Waals surface area contributed by atoms with Crippen molar-refractivity contribution in [3.8, 4) is 11.8 Å². The Hall–Kier alpha value is -1.50. The molecule has 1 aromatic rings. The zero-order chi connectivity index (χ0) is 14.6. The number of rotatable bonds is 2. The molecule has 3 nitrogen and oxygen atoms in total. The first-order valence-corrected chi connectivity index (χ1v) is 7.23. The van der Waals surface area contributed by atoms with E-state index in [1.165, 1.54) is 0 Å². The van der Waals surface area contributed by atoms with E-state index in [0.717, 1.165) is 25.7 Å². The summed E-state index contributed by atoms with van der Waals surface area (Å²) in [7, 11) is 0. The van der Waals surface area contributed by atoms with E-state index in [9.17, 15) is 4.79 Å². The number of hydrogen-bond acceptors (Lipinski definition) is 2. The van der Waals surface area contributed by atoms with Gasteiger partial charge in [0.2, 0.25) is 5.91 Å². The summed E-state index contributed by atoms with van der Waals surface area (Å²) >= 11 is 5.98. The van der Waals surface area contributed by atoms with E-state index in [0.29, 0.717) is 16.3 Å². The molecule has 4 heteroatoms. The van der Waals surface area contributed by atoms with Crippen molar-refractivity contribution in [1.29, 1.82) is 0 Å². The van der Waals surface area contributed by atoms with E-state index in [2.05, 4.69) is 17.2 Å². The molecular formula is C16H19ClN2O. The molecule has 0 atom stereocenters. The molecule has 0 heterocycles. The quantitative estimate of drug-likeness (QED) is 0.822. The molecule has 2 rings (SSSR count). The Morgan fingerprint density at radius 2 is 2.15 bits per heavy atom. The van der Waals surface area contributed by atoms with Gasteiger partial charge in [0, 0.05) is 16.0 Å². The standard InChI is InChI=1S/C16H19ClN2O/c1-16(8-2-3-9-16)15(20)19-14-7-6-13(17)11-12(14)5-4-10-18/h6-7,11H,2-3,8-10,18H2,1H3,(H,19,20). The van der Waals surface area contributed by atoms with Gasteiger partial charge in [0.15, 0.2) is 0 Å². The zero-order valence-electron chi connectivity index (χ0n) is 11.6. The van der Waals surface area contributed by atoms with Crippen LogP contribution in [0.15, 0.2) is 18.2 Å².